The molecule has 3 aliphatic heterocycles. The third-order valence-electron chi connectivity index (χ3n) is 10.2. The number of nitrogens with zero attached hydrogens (tertiary/aromatic N) is 5. The number of hydrogen-bond acceptors (Lipinski definition) is 9. The van der Waals surface area contributed by atoms with E-state index in [2.05, 4.69) is 32.8 Å². The maximum atomic E-state index is 13.9. The van der Waals surface area contributed by atoms with Crippen molar-refractivity contribution in [2.24, 2.45) is 11.8 Å². The van der Waals surface area contributed by atoms with E-state index in [1.54, 1.807) is 18.3 Å². The van der Waals surface area contributed by atoms with Gasteiger partial charge in [-0.1, -0.05) is 0 Å². The van der Waals surface area contributed by atoms with Crippen LogP contribution in [-0.2, 0) is 14.3 Å². The highest BCUT2D eigenvalue weighted by atomic mass is 19.3. The zero-order chi connectivity index (χ0) is 30.9. The monoisotopic (exact) mass is 622 g/mol. The number of aromatic nitrogens is 4. The van der Waals surface area contributed by atoms with Crippen molar-refractivity contribution in [3.63, 3.8) is 0 Å². The van der Waals surface area contributed by atoms with Crippen molar-refractivity contribution < 1.29 is 32.9 Å². The molecule has 3 aromatic rings. The van der Waals surface area contributed by atoms with E-state index in [0.29, 0.717) is 43.9 Å². The molecule has 6 heterocycles. The first kappa shape index (κ1) is 28.6. The zero-order valence-corrected chi connectivity index (χ0v) is 24.9. The van der Waals surface area contributed by atoms with Crippen LogP contribution in [0.25, 0.3) is 11.4 Å². The van der Waals surface area contributed by atoms with Gasteiger partial charge in [-0.05, 0) is 67.7 Å². The lowest BCUT2D eigenvalue weighted by Crippen LogP contribution is -2.68. The van der Waals surface area contributed by atoms with Crippen LogP contribution in [-0.4, -0.2) is 87.7 Å². The number of alkyl halides is 2. The van der Waals surface area contributed by atoms with Crippen molar-refractivity contribution in [1.82, 2.24) is 19.9 Å². The molecule has 0 bridgehead atoms. The number of hydrogen-bond donors (Lipinski definition) is 2. The number of aromatic amines is 1. The van der Waals surface area contributed by atoms with Crippen LogP contribution >= 0.6 is 0 Å². The summed E-state index contributed by atoms with van der Waals surface area (Å²) in [5, 5.41) is 10.2. The Hall–Kier alpha value is -3.84. The lowest BCUT2D eigenvalue weighted by atomic mass is 9.90. The summed E-state index contributed by atoms with van der Waals surface area (Å²) in [6.07, 6.45) is 4.02. The van der Waals surface area contributed by atoms with Gasteiger partial charge in [0.25, 0.3) is 6.43 Å². The molecule has 1 spiro atoms. The number of rotatable bonds is 9. The van der Waals surface area contributed by atoms with Gasteiger partial charge in [0.15, 0.2) is 5.82 Å². The van der Waals surface area contributed by atoms with Gasteiger partial charge in [-0.2, -0.15) is 0 Å². The second-order valence-corrected chi connectivity index (χ2v) is 13.0. The number of pyridine rings is 1. The Morgan fingerprint density at radius 1 is 1.20 bits per heavy atom. The molecule has 13 heteroatoms. The summed E-state index contributed by atoms with van der Waals surface area (Å²) in [4.78, 5) is 32.2. The van der Waals surface area contributed by atoms with Gasteiger partial charge in [-0.25, -0.2) is 28.5 Å². The number of carboxylic acids is 1. The number of ether oxygens (including phenoxy) is 3. The maximum absolute atomic E-state index is 13.9. The number of H-pyrrole nitrogens is 1. The summed E-state index contributed by atoms with van der Waals surface area (Å²) in [5.74, 6) is 0.855. The normalized spacial score (nSPS) is 28.8. The molecule has 2 N–H and O–H groups in total. The Morgan fingerprint density at radius 3 is 2.73 bits per heavy atom. The van der Waals surface area contributed by atoms with Crippen molar-refractivity contribution in [3.8, 4) is 17.3 Å². The summed E-state index contributed by atoms with van der Waals surface area (Å²) in [7, 11) is 0. The molecule has 0 aromatic carbocycles. The molecule has 8 rings (SSSR count). The minimum Gasteiger partial charge on any atom is -0.480 e. The van der Waals surface area contributed by atoms with E-state index in [0.717, 1.165) is 17.5 Å². The van der Waals surface area contributed by atoms with Crippen LogP contribution in [0.5, 0.6) is 5.88 Å². The van der Waals surface area contributed by atoms with Gasteiger partial charge >= 0.3 is 5.97 Å². The molecule has 238 valence electrons. The van der Waals surface area contributed by atoms with E-state index in [4.69, 9.17) is 19.2 Å². The van der Waals surface area contributed by atoms with E-state index >= 15 is 0 Å². The van der Waals surface area contributed by atoms with Gasteiger partial charge in [0.05, 0.1) is 43.8 Å². The third-order valence-corrected chi connectivity index (χ3v) is 10.2. The van der Waals surface area contributed by atoms with Crippen LogP contribution < -0.4 is 14.5 Å². The highest BCUT2D eigenvalue weighted by molar-refractivity contribution is 5.79. The minimum atomic E-state index is -2.92. The van der Waals surface area contributed by atoms with E-state index in [-0.39, 0.29) is 36.1 Å². The van der Waals surface area contributed by atoms with Crippen molar-refractivity contribution in [2.75, 3.05) is 42.7 Å². The first-order valence-corrected chi connectivity index (χ1v) is 15.7. The molecular formula is C32H36F2N6O5. The zero-order valence-electron chi connectivity index (χ0n) is 24.9. The molecule has 2 saturated carbocycles. The van der Waals surface area contributed by atoms with Crippen LogP contribution in [0.15, 0.2) is 36.7 Å². The predicted molar refractivity (Wildman–Crippen MR) is 159 cm³/mol. The van der Waals surface area contributed by atoms with Crippen molar-refractivity contribution >= 4 is 17.5 Å². The Bertz CT molecular complexity index is 1580. The molecule has 11 nitrogen and oxygen atoms in total. The summed E-state index contributed by atoms with van der Waals surface area (Å²) in [6, 6.07) is 6.18. The van der Waals surface area contributed by atoms with Crippen LogP contribution in [0.3, 0.4) is 0 Å². The molecule has 2 unspecified atom stereocenters. The maximum Gasteiger partial charge on any atom is 0.326 e. The smallest absolute Gasteiger partial charge is 0.326 e. The molecule has 5 atom stereocenters. The highest BCUT2D eigenvalue weighted by Gasteiger charge is 2.51. The van der Waals surface area contributed by atoms with Crippen LogP contribution in [0.4, 0.5) is 20.3 Å². The van der Waals surface area contributed by atoms with Crippen LogP contribution in [0, 0.1) is 11.8 Å². The molecule has 45 heavy (non-hydrogen) atoms. The molecule has 3 aromatic heterocycles. The average molecular weight is 623 g/mol. The van der Waals surface area contributed by atoms with Gasteiger partial charge in [-0.3, -0.25) is 0 Å². The Labute approximate surface area is 258 Å². The van der Waals surface area contributed by atoms with E-state index in [9.17, 15) is 18.7 Å². The summed E-state index contributed by atoms with van der Waals surface area (Å²) < 4.78 is 46.0. The molecule has 5 fully saturated rings. The number of nitrogens with one attached hydrogen (secondary N) is 1. The number of carboxylic acid groups (broad SMARTS) is 1. The van der Waals surface area contributed by atoms with Gasteiger partial charge < -0.3 is 34.1 Å². The predicted octanol–water partition coefficient (Wildman–Crippen LogP) is 4.42. The van der Waals surface area contributed by atoms with Crippen molar-refractivity contribution in [1.29, 1.82) is 0 Å². The Morgan fingerprint density at radius 2 is 2.04 bits per heavy atom. The topological polar surface area (TPSA) is 126 Å². The van der Waals surface area contributed by atoms with Crippen LogP contribution in [0.2, 0.25) is 0 Å². The third kappa shape index (κ3) is 5.19. The summed E-state index contributed by atoms with van der Waals surface area (Å²) >= 11 is 0. The van der Waals surface area contributed by atoms with Gasteiger partial charge in [-0.15, -0.1) is 0 Å². The number of halogens is 2. The Balaban J connectivity index is 1.10. The summed E-state index contributed by atoms with van der Waals surface area (Å²) in [6.45, 7) is 4.54. The second kappa shape index (κ2) is 10.9. The second-order valence-electron chi connectivity index (χ2n) is 13.0. The highest BCUT2D eigenvalue weighted by Crippen LogP contribution is 2.59. The molecule has 2 aliphatic carbocycles. The number of morpholine rings is 1. The van der Waals surface area contributed by atoms with Gasteiger partial charge in [0.1, 0.15) is 29.3 Å². The van der Waals surface area contributed by atoms with Crippen molar-refractivity contribution in [2.45, 2.75) is 68.7 Å². The first-order valence-electron chi connectivity index (χ1n) is 15.7. The fourth-order valence-corrected chi connectivity index (χ4v) is 7.35. The quantitative estimate of drug-likeness (QED) is 0.354. The number of aliphatic carboxylic acids is 1. The first-order chi connectivity index (χ1) is 21.8. The lowest BCUT2D eigenvalue weighted by molar-refractivity contribution is -0.228. The average Bonchev–Trinajstić information content (AvgIpc) is 3.91. The fraction of sp³-hybridized carbons (Fsp3) is 0.562. The van der Waals surface area contributed by atoms with Crippen molar-refractivity contribution in [3.05, 3.63) is 48.0 Å². The molecule has 3 saturated heterocycles. The fourth-order valence-electron chi connectivity index (χ4n) is 7.35. The summed E-state index contributed by atoms with van der Waals surface area (Å²) in [5.41, 5.74) is 2.49. The Kier molecular flexibility index (Phi) is 6.93. The molecule has 0 radical (unpaired) electrons. The van der Waals surface area contributed by atoms with E-state index in [1.807, 2.05) is 6.20 Å². The molecule has 5 aliphatic rings. The standard InChI is InChI=1S/C32H36F2N6O5/c1-17-32(15-43-16-32)44-8-7-39(17)25-9-19(22-11-21(22)18-4-5-18)13-36-30(25)45-20-10-26(31(41)42)40(14-20)27-12-24(23-3-2-6-35-23)37-29(38-27)28(33)34/h2-3,6,9,12-13,17-18,20-22,26,28,35H,4-5,7-8,10-11,14-16H2,1H3,(H,41,42)/t17-,20-,21?,22?,26-/m0/s1. The van der Waals surface area contributed by atoms with Gasteiger partial charge in [0.2, 0.25) is 5.88 Å². The van der Waals surface area contributed by atoms with Crippen LogP contribution in [0.1, 0.15) is 56.3 Å². The number of carbonyl (C=O) groups is 1. The lowest BCUT2D eigenvalue weighted by Gasteiger charge is -2.53. The largest absolute Gasteiger partial charge is 0.480 e. The van der Waals surface area contributed by atoms with E-state index in [1.165, 1.54) is 35.8 Å². The molecule has 0 amide bonds. The number of anilines is 2. The minimum absolute atomic E-state index is 0.0184. The SMILES string of the molecule is C[C@@H]1N(c2cc(C3CC3C3CC3)cnc2O[C@H]2C[C@@H](C(=O)O)N(c3cc(-c4ccc[nH]4)nc(C(F)F)n3)C2)CCOC12COC2. The molecular weight excluding hydrogens is 586 g/mol. The van der Waals surface area contributed by atoms with Gasteiger partial charge in [0, 0.05) is 31.4 Å². The van der Waals surface area contributed by atoms with E-state index < -0.39 is 30.4 Å².